The number of nitrogens with one attached hydrogen (secondary N) is 3. The summed E-state index contributed by atoms with van der Waals surface area (Å²) in [4.78, 5) is 47.2. The third-order valence-corrected chi connectivity index (χ3v) is 7.13. The van der Waals surface area contributed by atoms with E-state index >= 15 is 0 Å². The molecule has 0 unspecified atom stereocenters. The van der Waals surface area contributed by atoms with E-state index in [2.05, 4.69) is 22.9 Å². The minimum Gasteiger partial charge on any atom is -0.480 e. The number of carbonyl (C=O) groups excluding carboxylic acids is 3. The van der Waals surface area contributed by atoms with Gasteiger partial charge in [-0.25, -0.2) is 4.79 Å². The first-order valence-electron chi connectivity index (χ1n) is 16.7. The van der Waals surface area contributed by atoms with Crippen LogP contribution < -0.4 is 16.0 Å². The third kappa shape index (κ3) is 29.6. The standard InChI is InChI=1S/C32H61N3O8/c1-2-3-4-5-6-7-8-9-10-11-12-13-14-15-16-18-30(38)35-28(32(40)41)19-20-29(37)34-22-24-42-25-26-43-27-31(39)33-21-17-23-36/h28,36H,2-27H2,1H3,(H,33,39)(H,34,37)(H,35,38)(H,40,41)/t28-/m0/s1. The van der Waals surface area contributed by atoms with Gasteiger partial charge in [0.05, 0.1) is 19.8 Å². The number of aliphatic hydroxyl groups excluding tert-OH is 1. The van der Waals surface area contributed by atoms with Crippen molar-refractivity contribution >= 4 is 23.7 Å². The molecule has 0 spiro atoms. The molecule has 0 aromatic carbocycles. The number of carbonyl (C=O) groups is 4. The van der Waals surface area contributed by atoms with Gasteiger partial charge in [-0.3, -0.25) is 14.4 Å². The second-order valence-corrected chi connectivity index (χ2v) is 11.1. The number of ether oxygens (including phenoxy) is 2. The molecule has 0 aliphatic rings. The fourth-order valence-corrected chi connectivity index (χ4v) is 4.55. The van der Waals surface area contributed by atoms with Gasteiger partial charge in [0.2, 0.25) is 17.7 Å². The van der Waals surface area contributed by atoms with Crippen molar-refractivity contribution in [3.63, 3.8) is 0 Å². The zero-order valence-electron chi connectivity index (χ0n) is 26.8. The van der Waals surface area contributed by atoms with E-state index in [-0.39, 0.29) is 70.1 Å². The quantitative estimate of drug-likeness (QED) is 0.0702. The van der Waals surface area contributed by atoms with Crippen molar-refractivity contribution in [1.29, 1.82) is 0 Å². The van der Waals surface area contributed by atoms with Gasteiger partial charge in [-0.1, -0.05) is 96.8 Å². The molecule has 11 nitrogen and oxygen atoms in total. The Balaban J connectivity index is 3.69. The Morgan fingerprint density at radius 1 is 0.605 bits per heavy atom. The number of unbranched alkanes of at least 4 members (excludes halogenated alkanes) is 14. The van der Waals surface area contributed by atoms with Crippen molar-refractivity contribution in [3.8, 4) is 0 Å². The van der Waals surface area contributed by atoms with Gasteiger partial charge in [0.1, 0.15) is 12.6 Å². The number of aliphatic carboxylic acids is 1. The SMILES string of the molecule is CCCCCCCCCCCCCCCCCC(=O)N[C@@H](CCC(=O)NCCOCCOCC(=O)NCCCO)C(=O)O. The van der Waals surface area contributed by atoms with Gasteiger partial charge in [0, 0.05) is 32.5 Å². The number of amides is 3. The maximum atomic E-state index is 12.2. The van der Waals surface area contributed by atoms with Gasteiger partial charge in [-0.05, 0) is 19.3 Å². The van der Waals surface area contributed by atoms with Gasteiger partial charge in [-0.2, -0.15) is 0 Å². The van der Waals surface area contributed by atoms with E-state index in [4.69, 9.17) is 14.6 Å². The molecule has 1 atom stereocenters. The first-order valence-corrected chi connectivity index (χ1v) is 16.7. The highest BCUT2D eigenvalue weighted by molar-refractivity contribution is 5.84. The molecule has 3 amide bonds. The zero-order valence-corrected chi connectivity index (χ0v) is 26.8. The summed E-state index contributed by atoms with van der Waals surface area (Å²) in [6.45, 7) is 3.55. The van der Waals surface area contributed by atoms with Crippen LogP contribution in [0.3, 0.4) is 0 Å². The van der Waals surface area contributed by atoms with Crippen molar-refractivity contribution < 1.29 is 38.9 Å². The summed E-state index contributed by atoms with van der Waals surface area (Å²) in [5.41, 5.74) is 0. The monoisotopic (exact) mass is 615 g/mol. The van der Waals surface area contributed by atoms with Crippen LogP contribution in [0, 0.1) is 0 Å². The third-order valence-electron chi connectivity index (χ3n) is 7.13. The average Bonchev–Trinajstić information content (AvgIpc) is 2.98. The van der Waals surface area contributed by atoms with Crippen LogP contribution in [-0.2, 0) is 28.7 Å². The average molecular weight is 616 g/mol. The molecule has 0 aliphatic carbocycles. The highest BCUT2D eigenvalue weighted by Gasteiger charge is 2.20. The summed E-state index contributed by atoms with van der Waals surface area (Å²) < 4.78 is 10.5. The first kappa shape index (κ1) is 40.8. The second kappa shape index (κ2) is 31.2. The molecule has 0 fully saturated rings. The summed E-state index contributed by atoms with van der Waals surface area (Å²) in [7, 11) is 0. The van der Waals surface area contributed by atoms with Crippen LogP contribution in [0.25, 0.3) is 0 Å². The summed E-state index contributed by atoms with van der Waals surface area (Å²) in [5.74, 6) is -2.02. The Bertz CT molecular complexity index is 708. The molecule has 0 aromatic heterocycles. The van der Waals surface area contributed by atoms with E-state index < -0.39 is 12.0 Å². The molecule has 0 bridgehead atoms. The van der Waals surface area contributed by atoms with Crippen LogP contribution >= 0.6 is 0 Å². The van der Waals surface area contributed by atoms with Crippen LogP contribution in [0.15, 0.2) is 0 Å². The Labute approximate surface area is 259 Å². The highest BCUT2D eigenvalue weighted by atomic mass is 16.5. The van der Waals surface area contributed by atoms with Crippen molar-refractivity contribution in [2.75, 3.05) is 46.1 Å². The minimum absolute atomic E-state index is 0.0147. The maximum Gasteiger partial charge on any atom is 0.326 e. The smallest absolute Gasteiger partial charge is 0.326 e. The predicted octanol–water partition coefficient (Wildman–Crippen LogP) is 4.25. The van der Waals surface area contributed by atoms with Gasteiger partial charge in [0.25, 0.3) is 0 Å². The van der Waals surface area contributed by atoms with E-state index in [1.54, 1.807) is 0 Å². The Morgan fingerprint density at radius 3 is 1.70 bits per heavy atom. The van der Waals surface area contributed by atoms with Crippen molar-refractivity contribution in [3.05, 3.63) is 0 Å². The Hall–Kier alpha value is -2.24. The van der Waals surface area contributed by atoms with E-state index in [1.165, 1.54) is 77.0 Å². The van der Waals surface area contributed by atoms with Gasteiger partial charge >= 0.3 is 5.97 Å². The van der Waals surface area contributed by atoms with E-state index in [9.17, 15) is 24.3 Å². The molecule has 0 aliphatic heterocycles. The number of aliphatic hydroxyl groups is 1. The second-order valence-electron chi connectivity index (χ2n) is 11.1. The van der Waals surface area contributed by atoms with Gasteiger partial charge < -0.3 is 35.6 Å². The van der Waals surface area contributed by atoms with Crippen LogP contribution in [-0.4, -0.2) is 86.1 Å². The van der Waals surface area contributed by atoms with Gasteiger partial charge in [0.15, 0.2) is 0 Å². The van der Waals surface area contributed by atoms with E-state index in [0.29, 0.717) is 19.4 Å². The normalized spacial score (nSPS) is 11.7. The molecule has 0 radical (unpaired) electrons. The first-order chi connectivity index (χ1) is 20.9. The maximum absolute atomic E-state index is 12.2. The topological polar surface area (TPSA) is 163 Å². The largest absolute Gasteiger partial charge is 0.480 e. The molecule has 0 saturated heterocycles. The molecular weight excluding hydrogens is 554 g/mol. The zero-order chi connectivity index (χ0) is 31.8. The van der Waals surface area contributed by atoms with Crippen LogP contribution in [0.4, 0.5) is 0 Å². The lowest BCUT2D eigenvalue weighted by atomic mass is 10.0. The molecule has 0 heterocycles. The molecule has 11 heteroatoms. The van der Waals surface area contributed by atoms with Gasteiger partial charge in [-0.15, -0.1) is 0 Å². The summed E-state index contributed by atoms with van der Waals surface area (Å²) in [5, 5.41) is 25.9. The van der Waals surface area contributed by atoms with Crippen molar-refractivity contribution in [1.82, 2.24) is 16.0 Å². The highest BCUT2D eigenvalue weighted by Crippen LogP contribution is 2.13. The van der Waals surface area contributed by atoms with Crippen LogP contribution in [0.5, 0.6) is 0 Å². The fourth-order valence-electron chi connectivity index (χ4n) is 4.55. The van der Waals surface area contributed by atoms with Crippen LogP contribution in [0.1, 0.15) is 129 Å². The Kier molecular flexibility index (Phi) is 29.6. The lowest BCUT2D eigenvalue weighted by molar-refractivity contribution is -0.142. The lowest BCUT2D eigenvalue weighted by Crippen LogP contribution is -2.41. The summed E-state index contributed by atoms with van der Waals surface area (Å²) in [6, 6.07) is -1.09. The van der Waals surface area contributed by atoms with Crippen molar-refractivity contribution in [2.45, 2.75) is 135 Å². The molecule has 252 valence electrons. The van der Waals surface area contributed by atoms with Crippen LogP contribution in [0.2, 0.25) is 0 Å². The van der Waals surface area contributed by atoms with E-state index in [1.807, 2.05) is 0 Å². The number of rotatable bonds is 32. The molecule has 0 rings (SSSR count). The Morgan fingerprint density at radius 2 is 1.14 bits per heavy atom. The minimum atomic E-state index is -1.15. The number of carboxylic acids is 1. The lowest BCUT2D eigenvalue weighted by Gasteiger charge is -2.14. The summed E-state index contributed by atoms with van der Waals surface area (Å²) >= 11 is 0. The molecule has 5 N–H and O–H groups in total. The number of hydrogen-bond donors (Lipinski definition) is 5. The predicted molar refractivity (Wildman–Crippen MR) is 168 cm³/mol. The summed E-state index contributed by atoms with van der Waals surface area (Å²) in [6.07, 6.45) is 19.4. The fraction of sp³-hybridized carbons (Fsp3) is 0.875. The van der Waals surface area contributed by atoms with Crippen molar-refractivity contribution in [2.24, 2.45) is 0 Å². The molecular formula is C32H61N3O8. The molecule has 0 saturated carbocycles. The number of carboxylic acid groups (broad SMARTS) is 1. The number of hydrogen-bond acceptors (Lipinski definition) is 7. The molecule has 0 aromatic rings. The van der Waals surface area contributed by atoms with E-state index in [0.717, 1.165) is 19.3 Å². The molecule has 43 heavy (non-hydrogen) atoms.